The predicted octanol–water partition coefficient (Wildman–Crippen LogP) is 1.26. The summed E-state index contributed by atoms with van der Waals surface area (Å²) in [6, 6.07) is 7.99. The van der Waals surface area contributed by atoms with Crippen LogP contribution < -0.4 is 4.72 Å². The molecule has 0 aliphatic carbocycles. The van der Waals surface area contributed by atoms with Crippen LogP contribution >= 0.6 is 0 Å². The van der Waals surface area contributed by atoms with Gasteiger partial charge in [-0.05, 0) is 25.5 Å². The summed E-state index contributed by atoms with van der Waals surface area (Å²) in [5, 5.41) is 8.86. The van der Waals surface area contributed by atoms with Gasteiger partial charge >= 0.3 is 0 Å². The molecule has 6 heteroatoms. The number of nitrogens with one attached hydrogen (secondary N) is 1. The number of hydrogen-bond acceptors (Lipinski definition) is 4. The molecular formula is C12H16N2O3S. The first kappa shape index (κ1) is 14.6. The van der Waals surface area contributed by atoms with Crippen LogP contribution in [0.2, 0.25) is 0 Å². The third-order valence-electron chi connectivity index (χ3n) is 2.26. The molecule has 1 aromatic rings. The number of hydrogen-bond donors (Lipinski definition) is 1. The van der Waals surface area contributed by atoms with Crippen LogP contribution in [0.1, 0.15) is 18.9 Å². The molecule has 1 aromatic carbocycles. The summed E-state index contributed by atoms with van der Waals surface area (Å²) >= 11 is 0. The highest BCUT2D eigenvalue weighted by molar-refractivity contribution is 7.89. The van der Waals surface area contributed by atoms with Crippen molar-refractivity contribution in [3.05, 3.63) is 29.8 Å². The van der Waals surface area contributed by atoms with E-state index in [0.29, 0.717) is 26.2 Å². The molecule has 0 aliphatic rings. The van der Waals surface area contributed by atoms with Gasteiger partial charge < -0.3 is 4.74 Å². The molecule has 18 heavy (non-hydrogen) atoms. The van der Waals surface area contributed by atoms with Gasteiger partial charge in [-0.25, -0.2) is 13.1 Å². The lowest BCUT2D eigenvalue weighted by molar-refractivity contribution is 0.146. The summed E-state index contributed by atoms with van der Waals surface area (Å²) in [4.78, 5) is 0.0175. The van der Waals surface area contributed by atoms with E-state index in [2.05, 4.69) is 4.72 Å². The summed E-state index contributed by atoms with van der Waals surface area (Å²) in [6.45, 7) is 3.30. The minimum absolute atomic E-state index is 0.0175. The average molecular weight is 268 g/mol. The maximum absolute atomic E-state index is 11.9. The SMILES string of the molecule is CCOCCCNS(=O)(=O)c1ccccc1C#N. The van der Waals surface area contributed by atoms with E-state index >= 15 is 0 Å². The molecule has 0 saturated carbocycles. The maximum atomic E-state index is 11.9. The lowest BCUT2D eigenvalue weighted by Crippen LogP contribution is -2.26. The zero-order chi connectivity index (χ0) is 13.4. The van der Waals surface area contributed by atoms with Crippen molar-refractivity contribution < 1.29 is 13.2 Å². The zero-order valence-corrected chi connectivity index (χ0v) is 11.0. The normalized spacial score (nSPS) is 11.1. The van der Waals surface area contributed by atoms with E-state index in [9.17, 15) is 8.42 Å². The largest absolute Gasteiger partial charge is 0.382 e. The van der Waals surface area contributed by atoms with Crippen molar-refractivity contribution in [1.82, 2.24) is 4.72 Å². The van der Waals surface area contributed by atoms with Gasteiger partial charge in [0, 0.05) is 19.8 Å². The monoisotopic (exact) mass is 268 g/mol. The Bertz CT molecular complexity index is 520. The third-order valence-corrected chi connectivity index (χ3v) is 3.78. The maximum Gasteiger partial charge on any atom is 0.241 e. The first-order valence-electron chi connectivity index (χ1n) is 5.68. The van der Waals surface area contributed by atoms with Crippen LogP contribution in [0.5, 0.6) is 0 Å². The summed E-state index contributed by atoms with van der Waals surface area (Å²) in [7, 11) is -3.62. The molecule has 0 spiro atoms. The van der Waals surface area contributed by atoms with Crippen LogP contribution in [-0.4, -0.2) is 28.2 Å². The standard InChI is InChI=1S/C12H16N2O3S/c1-2-17-9-5-8-14-18(15,16)12-7-4-3-6-11(12)10-13/h3-4,6-7,14H,2,5,8-9H2,1H3. The van der Waals surface area contributed by atoms with Crippen LogP contribution in [-0.2, 0) is 14.8 Å². The fourth-order valence-corrected chi connectivity index (χ4v) is 2.63. The molecule has 0 aromatic heterocycles. The third kappa shape index (κ3) is 4.11. The molecule has 1 rings (SSSR count). The van der Waals surface area contributed by atoms with Gasteiger partial charge in [-0.15, -0.1) is 0 Å². The Labute approximate surface area is 107 Å². The lowest BCUT2D eigenvalue weighted by atomic mass is 10.2. The lowest BCUT2D eigenvalue weighted by Gasteiger charge is -2.07. The number of nitrogens with zero attached hydrogens (tertiary/aromatic N) is 1. The van der Waals surface area contributed by atoms with E-state index < -0.39 is 10.0 Å². The molecule has 0 heterocycles. The molecule has 0 saturated heterocycles. The van der Waals surface area contributed by atoms with Gasteiger partial charge in [0.15, 0.2) is 0 Å². The summed E-state index contributed by atoms with van der Waals surface area (Å²) in [5.74, 6) is 0. The smallest absolute Gasteiger partial charge is 0.241 e. The van der Waals surface area contributed by atoms with Gasteiger partial charge in [0.2, 0.25) is 10.0 Å². The number of rotatable bonds is 7. The Hall–Kier alpha value is -1.42. The Kier molecular flexibility index (Phi) is 5.78. The highest BCUT2D eigenvalue weighted by Gasteiger charge is 2.17. The second kappa shape index (κ2) is 7.11. The topological polar surface area (TPSA) is 79.2 Å². The second-order valence-electron chi connectivity index (χ2n) is 3.56. The summed E-state index contributed by atoms with van der Waals surface area (Å²) in [5.41, 5.74) is 0.148. The molecule has 0 fully saturated rings. The van der Waals surface area contributed by atoms with Crippen molar-refractivity contribution in [2.45, 2.75) is 18.2 Å². The van der Waals surface area contributed by atoms with Gasteiger partial charge in [0.05, 0.1) is 10.5 Å². The zero-order valence-electron chi connectivity index (χ0n) is 10.2. The van der Waals surface area contributed by atoms with Crippen molar-refractivity contribution in [3.8, 4) is 6.07 Å². The van der Waals surface area contributed by atoms with Crippen LogP contribution in [0.25, 0.3) is 0 Å². The van der Waals surface area contributed by atoms with Gasteiger partial charge in [-0.3, -0.25) is 0 Å². The summed E-state index contributed by atoms with van der Waals surface area (Å²) < 4.78 is 31.4. The molecule has 1 N–H and O–H groups in total. The van der Waals surface area contributed by atoms with Crippen LogP contribution in [0.3, 0.4) is 0 Å². The van der Waals surface area contributed by atoms with Gasteiger partial charge in [0.25, 0.3) is 0 Å². The number of nitriles is 1. The second-order valence-corrected chi connectivity index (χ2v) is 5.29. The molecule has 0 bridgehead atoms. The first-order valence-corrected chi connectivity index (χ1v) is 7.16. The summed E-state index contributed by atoms with van der Waals surface area (Å²) in [6.07, 6.45) is 0.599. The molecule has 0 unspecified atom stereocenters. The van der Waals surface area contributed by atoms with Crippen molar-refractivity contribution >= 4 is 10.0 Å². The minimum atomic E-state index is -3.62. The molecule has 0 atom stereocenters. The van der Waals surface area contributed by atoms with E-state index in [4.69, 9.17) is 10.00 Å². The fraction of sp³-hybridized carbons (Fsp3) is 0.417. The molecule has 0 aliphatic heterocycles. The van der Waals surface area contributed by atoms with Crippen LogP contribution in [0.15, 0.2) is 29.2 Å². The highest BCUT2D eigenvalue weighted by Crippen LogP contribution is 2.13. The van der Waals surface area contributed by atoms with Crippen LogP contribution in [0.4, 0.5) is 0 Å². The quantitative estimate of drug-likeness (QED) is 0.755. The Balaban J connectivity index is 2.67. The minimum Gasteiger partial charge on any atom is -0.382 e. The van der Waals surface area contributed by atoms with E-state index in [1.165, 1.54) is 12.1 Å². The van der Waals surface area contributed by atoms with Crippen molar-refractivity contribution in [1.29, 1.82) is 5.26 Å². The van der Waals surface area contributed by atoms with Gasteiger partial charge in [0.1, 0.15) is 6.07 Å². The molecule has 0 radical (unpaired) electrons. The number of ether oxygens (including phenoxy) is 1. The van der Waals surface area contributed by atoms with E-state index in [0.717, 1.165) is 0 Å². The predicted molar refractivity (Wildman–Crippen MR) is 67.5 cm³/mol. The highest BCUT2D eigenvalue weighted by atomic mass is 32.2. The molecule has 5 nitrogen and oxygen atoms in total. The van der Waals surface area contributed by atoms with Crippen LogP contribution in [0, 0.1) is 11.3 Å². The molecular weight excluding hydrogens is 252 g/mol. The number of benzene rings is 1. The Morgan fingerprint density at radius 1 is 1.39 bits per heavy atom. The van der Waals surface area contributed by atoms with E-state index in [1.54, 1.807) is 12.1 Å². The van der Waals surface area contributed by atoms with Crippen molar-refractivity contribution in [3.63, 3.8) is 0 Å². The average Bonchev–Trinajstić information content (AvgIpc) is 2.38. The molecule has 0 amide bonds. The van der Waals surface area contributed by atoms with Crippen molar-refractivity contribution in [2.75, 3.05) is 19.8 Å². The van der Waals surface area contributed by atoms with Gasteiger partial charge in [-0.1, -0.05) is 12.1 Å². The fourth-order valence-electron chi connectivity index (χ4n) is 1.40. The molecule has 98 valence electrons. The number of sulfonamides is 1. The first-order chi connectivity index (χ1) is 8.61. The Morgan fingerprint density at radius 3 is 2.78 bits per heavy atom. The Morgan fingerprint density at radius 2 is 2.11 bits per heavy atom. The van der Waals surface area contributed by atoms with E-state index in [-0.39, 0.29) is 10.5 Å². The van der Waals surface area contributed by atoms with Gasteiger partial charge in [-0.2, -0.15) is 5.26 Å². The van der Waals surface area contributed by atoms with Crippen molar-refractivity contribution in [2.24, 2.45) is 0 Å². The van der Waals surface area contributed by atoms with E-state index in [1.807, 2.05) is 13.0 Å².